The zero-order valence-electron chi connectivity index (χ0n) is 11.4. The van der Waals surface area contributed by atoms with E-state index in [1.54, 1.807) is 4.68 Å². The number of carbonyl (C=O) groups excluding carboxylic acids is 1. The Kier molecular flexibility index (Phi) is 2.66. The summed E-state index contributed by atoms with van der Waals surface area (Å²) in [5.41, 5.74) is 4.54. The fraction of sp³-hybridized carbons (Fsp3) is 0.333. The molecule has 1 aromatic heterocycles. The van der Waals surface area contributed by atoms with Gasteiger partial charge < -0.3 is 5.32 Å². The van der Waals surface area contributed by atoms with Crippen LogP contribution in [0.1, 0.15) is 34.7 Å². The molecule has 0 spiro atoms. The maximum absolute atomic E-state index is 11.9. The normalized spacial score (nSPS) is 18.1. The summed E-state index contributed by atoms with van der Waals surface area (Å²) in [6, 6.07) is 8.39. The quantitative estimate of drug-likeness (QED) is 0.851. The Morgan fingerprint density at radius 3 is 2.63 bits per heavy atom. The molecule has 98 valence electrons. The molecule has 2 heterocycles. The predicted molar refractivity (Wildman–Crippen MR) is 74.2 cm³/mol. The van der Waals surface area contributed by atoms with Crippen LogP contribution in [0, 0.1) is 13.8 Å². The number of rotatable bonds is 1. The van der Waals surface area contributed by atoms with Crippen LogP contribution in [0.15, 0.2) is 24.3 Å². The van der Waals surface area contributed by atoms with Gasteiger partial charge in [-0.2, -0.15) is 5.10 Å². The van der Waals surface area contributed by atoms with Gasteiger partial charge in [0, 0.05) is 24.9 Å². The molecule has 1 amide bonds. The lowest BCUT2D eigenvalue weighted by atomic mass is 9.85. The highest BCUT2D eigenvalue weighted by Crippen LogP contribution is 2.38. The van der Waals surface area contributed by atoms with E-state index in [4.69, 9.17) is 0 Å². The number of hydrogen-bond acceptors (Lipinski definition) is 2. The van der Waals surface area contributed by atoms with Crippen LogP contribution in [0.3, 0.4) is 0 Å². The number of aromatic nitrogens is 2. The highest BCUT2D eigenvalue weighted by atomic mass is 16.1. The minimum absolute atomic E-state index is 0.0566. The number of carbonyl (C=O) groups is 1. The Morgan fingerprint density at radius 2 is 1.95 bits per heavy atom. The Labute approximate surface area is 112 Å². The summed E-state index contributed by atoms with van der Waals surface area (Å²) in [5, 5.41) is 7.34. The van der Waals surface area contributed by atoms with Crippen molar-refractivity contribution in [3.63, 3.8) is 0 Å². The van der Waals surface area contributed by atoms with Crippen LogP contribution in [0.5, 0.6) is 0 Å². The number of hydrogen-bond donors (Lipinski definition) is 1. The van der Waals surface area contributed by atoms with Gasteiger partial charge in [0.25, 0.3) is 0 Å². The molecule has 0 bridgehead atoms. The van der Waals surface area contributed by atoms with Crippen LogP contribution >= 0.6 is 0 Å². The number of nitrogens with one attached hydrogen (secondary N) is 1. The van der Waals surface area contributed by atoms with Crippen molar-refractivity contribution in [3.05, 3.63) is 46.6 Å². The molecule has 0 aliphatic carbocycles. The molecule has 4 heteroatoms. The second-order valence-electron chi connectivity index (χ2n) is 5.19. The zero-order valence-corrected chi connectivity index (χ0v) is 11.4. The van der Waals surface area contributed by atoms with Crippen molar-refractivity contribution in [1.29, 1.82) is 0 Å². The highest BCUT2D eigenvalue weighted by Gasteiger charge is 2.31. The standard InChI is InChI=1S/C15H17N3O/c1-9-4-6-11(7-5-9)12-8-13(19)16-15-14(12)10(2)17-18(15)3/h4-7,12H,8H2,1-3H3,(H,16,19). The molecular formula is C15H17N3O. The lowest BCUT2D eigenvalue weighted by molar-refractivity contribution is -0.116. The van der Waals surface area contributed by atoms with Crippen molar-refractivity contribution in [3.8, 4) is 0 Å². The van der Waals surface area contributed by atoms with E-state index in [0.29, 0.717) is 6.42 Å². The molecule has 0 fully saturated rings. The van der Waals surface area contributed by atoms with Crippen LogP contribution in [-0.2, 0) is 11.8 Å². The Morgan fingerprint density at radius 1 is 1.26 bits per heavy atom. The first-order chi connectivity index (χ1) is 9.06. The van der Waals surface area contributed by atoms with Crippen molar-refractivity contribution in [2.45, 2.75) is 26.2 Å². The third-order valence-electron chi connectivity index (χ3n) is 3.74. The third kappa shape index (κ3) is 1.93. The van der Waals surface area contributed by atoms with Gasteiger partial charge in [0.2, 0.25) is 5.91 Å². The number of nitrogens with zero attached hydrogens (tertiary/aromatic N) is 2. The summed E-state index contributed by atoms with van der Waals surface area (Å²) in [6.07, 6.45) is 0.489. The third-order valence-corrected chi connectivity index (χ3v) is 3.74. The van der Waals surface area contributed by atoms with E-state index < -0.39 is 0 Å². The average Bonchev–Trinajstić information content (AvgIpc) is 2.65. The first kappa shape index (κ1) is 12.0. The minimum Gasteiger partial charge on any atom is -0.311 e. The molecule has 1 N–H and O–H groups in total. The fourth-order valence-electron chi connectivity index (χ4n) is 2.79. The van der Waals surface area contributed by atoms with Crippen molar-refractivity contribution in [1.82, 2.24) is 9.78 Å². The molecule has 1 aromatic carbocycles. The van der Waals surface area contributed by atoms with Crippen molar-refractivity contribution >= 4 is 11.7 Å². The molecule has 1 aliphatic rings. The SMILES string of the molecule is Cc1ccc(C2CC(=O)Nc3c2c(C)nn3C)cc1. The van der Waals surface area contributed by atoms with E-state index in [1.807, 2.05) is 14.0 Å². The van der Waals surface area contributed by atoms with Crippen LogP contribution in [0.2, 0.25) is 0 Å². The van der Waals surface area contributed by atoms with Gasteiger partial charge in [0.05, 0.1) is 5.69 Å². The van der Waals surface area contributed by atoms with Gasteiger partial charge in [-0.3, -0.25) is 9.48 Å². The Hall–Kier alpha value is -2.10. The van der Waals surface area contributed by atoms with E-state index in [2.05, 4.69) is 41.6 Å². The lowest BCUT2D eigenvalue weighted by Crippen LogP contribution is -2.24. The van der Waals surface area contributed by atoms with E-state index in [9.17, 15) is 4.79 Å². The summed E-state index contributed by atoms with van der Waals surface area (Å²) in [4.78, 5) is 11.9. The monoisotopic (exact) mass is 255 g/mol. The second-order valence-corrected chi connectivity index (χ2v) is 5.19. The van der Waals surface area contributed by atoms with E-state index >= 15 is 0 Å². The predicted octanol–water partition coefficient (Wildman–Crippen LogP) is 2.51. The second kappa shape index (κ2) is 4.23. The molecule has 1 unspecified atom stereocenters. The van der Waals surface area contributed by atoms with Gasteiger partial charge in [-0.25, -0.2) is 0 Å². The number of amides is 1. The van der Waals surface area contributed by atoms with E-state index in [0.717, 1.165) is 17.1 Å². The number of anilines is 1. The number of fused-ring (bicyclic) bond motifs is 1. The zero-order chi connectivity index (χ0) is 13.6. The van der Waals surface area contributed by atoms with Gasteiger partial charge >= 0.3 is 0 Å². The number of benzene rings is 1. The lowest BCUT2D eigenvalue weighted by Gasteiger charge is -2.24. The van der Waals surface area contributed by atoms with Gasteiger partial charge in [-0.15, -0.1) is 0 Å². The minimum atomic E-state index is 0.0566. The van der Waals surface area contributed by atoms with Gasteiger partial charge in [-0.05, 0) is 19.4 Å². The van der Waals surface area contributed by atoms with Crippen molar-refractivity contribution < 1.29 is 4.79 Å². The Balaban J connectivity index is 2.13. The van der Waals surface area contributed by atoms with Crippen LogP contribution in [0.4, 0.5) is 5.82 Å². The summed E-state index contributed by atoms with van der Waals surface area (Å²) in [6.45, 7) is 4.07. The summed E-state index contributed by atoms with van der Waals surface area (Å²) in [5.74, 6) is 0.999. The maximum atomic E-state index is 11.9. The highest BCUT2D eigenvalue weighted by molar-refractivity contribution is 5.94. The van der Waals surface area contributed by atoms with Crippen LogP contribution in [0.25, 0.3) is 0 Å². The molecule has 3 rings (SSSR count). The summed E-state index contributed by atoms with van der Waals surface area (Å²) < 4.78 is 1.75. The topological polar surface area (TPSA) is 46.9 Å². The first-order valence-corrected chi connectivity index (χ1v) is 6.46. The van der Waals surface area contributed by atoms with Crippen LogP contribution in [-0.4, -0.2) is 15.7 Å². The average molecular weight is 255 g/mol. The molecule has 0 saturated carbocycles. The van der Waals surface area contributed by atoms with Gasteiger partial charge in [0.1, 0.15) is 5.82 Å². The van der Waals surface area contributed by atoms with Gasteiger partial charge in [0.15, 0.2) is 0 Å². The van der Waals surface area contributed by atoms with Gasteiger partial charge in [-0.1, -0.05) is 29.8 Å². The smallest absolute Gasteiger partial charge is 0.226 e. The Bertz CT molecular complexity index is 640. The summed E-state index contributed by atoms with van der Waals surface area (Å²) in [7, 11) is 1.86. The largest absolute Gasteiger partial charge is 0.311 e. The van der Waals surface area contributed by atoms with Crippen molar-refractivity contribution in [2.24, 2.45) is 7.05 Å². The molecular weight excluding hydrogens is 238 g/mol. The molecule has 0 saturated heterocycles. The molecule has 2 aromatic rings. The molecule has 19 heavy (non-hydrogen) atoms. The van der Waals surface area contributed by atoms with E-state index in [1.165, 1.54) is 11.1 Å². The molecule has 1 aliphatic heterocycles. The maximum Gasteiger partial charge on any atom is 0.226 e. The van der Waals surface area contributed by atoms with Crippen molar-refractivity contribution in [2.75, 3.05) is 5.32 Å². The van der Waals surface area contributed by atoms with E-state index in [-0.39, 0.29) is 11.8 Å². The fourth-order valence-corrected chi connectivity index (χ4v) is 2.79. The summed E-state index contributed by atoms with van der Waals surface area (Å²) >= 11 is 0. The van der Waals surface area contributed by atoms with Crippen LogP contribution < -0.4 is 5.32 Å². The molecule has 4 nitrogen and oxygen atoms in total. The first-order valence-electron chi connectivity index (χ1n) is 6.46. The number of aryl methyl sites for hydroxylation is 3. The molecule has 1 atom stereocenters. The molecule has 0 radical (unpaired) electrons.